The van der Waals surface area contributed by atoms with Crippen molar-refractivity contribution >= 4 is 23.6 Å². The van der Waals surface area contributed by atoms with Gasteiger partial charge in [0.2, 0.25) is 0 Å². The number of benzene rings is 2. The molecule has 20 heavy (non-hydrogen) atoms. The molecule has 0 spiro atoms. The van der Waals surface area contributed by atoms with Crippen molar-refractivity contribution in [3.05, 3.63) is 76.3 Å². The average Bonchev–Trinajstić information content (AvgIpc) is 2.45. The molecule has 1 N–H and O–H groups in total. The van der Waals surface area contributed by atoms with Crippen molar-refractivity contribution in [1.29, 1.82) is 0 Å². The van der Waals surface area contributed by atoms with Crippen LogP contribution in [0.1, 0.15) is 21.5 Å². The Morgan fingerprint density at radius 3 is 2.85 bits per heavy atom. The summed E-state index contributed by atoms with van der Waals surface area (Å²) in [4.78, 5) is 12.0. The normalized spacial score (nSPS) is 17.9. The number of hydrogen-bond donors (Lipinski definition) is 1. The standard InChI is InChI=1S/C17H14ClNO/c18-14-6-3-4-12(10-14)8-9-15-11-13-5-1-2-7-16(13)17(20)19-15/h1-10,15H,11H2,(H,19,20)/b9-8+/t15-/m0/s1. The summed E-state index contributed by atoms with van der Waals surface area (Å²) in [5.74, 6) is -0.00686. The molecule has 2 nitrogen and oxygen atoms in total. The Hall–Kier alpha value is -2.06. The molecule has 0 aromatic heterocycles. The lowest BCUT2D eigenvalue weighted by atomic mass is 9.95. The second kappa shape index (κ2) is 5.51. The van der Waals surface area contributed by atoms with Gasteiger partial charge in [-0.15, -0.1) is 0 Å². The van der Waals surface area contributed by atoms with E-state index in [-0.39, 0.29) is 11.9 Å². The van der Waals surface area contributed by atoms with Crippen LogP contribution in [0.2, 0.25) is 5.02 Å². The quantitative estimate of drug-likeness (QED) is 0.894. The number of fused-ring (bicyclic) bond motifs is 1. The number of amides is 1. The van der Waals surface area contributed by atoms with Gasteiger partial charge in [-0.2, -0.15) is 0 Å². The summed E-state index contributed by atoms with van der Waals surface area (Å²) < 4.78 is 0. The molecule has 2 aromatic carbocycles. The van der Waals surface area contributed by atoms with E-state index in [2.05, 4.69) is 5.32 Å². The number of carbonyl (C=O) groups is 1. The third kappa shape index (κ3) is 2.75. The second-order valence-electron chi connectivity index (χ2n) is 4.86. The molecule has 1 amide bonds. The highest BCUT2D eigenvalue weighted by Gasteiger charge is 2.21. The summed E-state index contributed by atoms with van der Waals surface area (Å²) >= 11 is 5.95. The van der Waals surface area contributed by atoms with Crippen LogP contribution in [0.15, 0.2) is 54.6 Å². The van der Waals surface area contributed by atoms with Crippen LogP contribution in [-0.2, 0) is 6.42 Å². The minimum Gasteiger partial charge on any atom is -0.345 e. The SMILES string of the molecule is O=C1N[C@@H](/C=C/c2cccc(Cl)c2)Cc2ccccc21. The zero-order valence-corrected chi connectivity index (χ0v) is 11.6. The fourth-order valence-electron chi connectivity index (χ4n) is 2.41. The zero-order valence-electron chi connectivity index (χ0n) is 10.8. The van der Waals surface area contributed by atoms with Crippen molar-refractivity contribution in [2.75, 3.05) is 0 Å². The van der Waals surface area contributed by atoms with Gasteiger partial charge in [0, 0.05) is 10.6 Å². The van der Waals surface area contributed by atoms with Gasteiger partial charge in [-0.3, -0.25) is 4.79 Å². The van der Waals surface area contributed by atoms with Crippen molar-refractivity contribution in [2.24, 2.45) is 0 Å². The first-order valence-corrected chi connectivity index (χ1v) is 6.93. The molecule has 100 valence electrons. The second-order valence-corrected chi connectivity index (χ2v) is 5.29. The predicted molar refractivity (Wildman–Crippen MR) is 81.9 cm³/mol. The van der Waals surface area contributed by atoms with Gasteiger partial charge in [-0.25, -0.2) is 0 Å². The molecule has 3 heteroatoms. The summed E-state index contributed by atoms with van der Waals surface area (Å²) in [6, 6.07) is 15.4. The zero-order chi connectivity index (χ0) is 13.9. The highest BCUT2D eigenvalue weighted by Crippen LogP contribution is 2.18. The number of halogens is 1. The van der Waals surface area contributed by atoms with Crippen molar-refractivity contribution < 1.29 is 4.79 Å². The topological polar surface area (TPSA) is 29.1 Å². The van der Waals surface area contributed by atoms with Gasteiger partial charge >= 0.3 is 0 Å². The van der Waals surface area contributed by atoms with Crippen LogP contribution in [0.3, 0.4) is 0 Å². The maximum atomic E-state index is 12.0. The first kappa shape index (κ1) is 12.9. The molecular weight excluding hydrogens is 270 g/mol. The predicted octanol–water partition coefficient (Wildman–Crippen LogP) is 3.71. The Morgan fingerprint density at radius 1 is 1.15 bits per heavy atom. The van der Waals surface area contributed by atoms with Gasteiger partial charge in [0.15, 0.2) is 0 Å². The molecule has 1 aliphatic heterocycles. The lowest BCUT2D eigenvalue weighted by molar-refractivity contribution is 0.0934. The minimum absolute atomic E-state index is 0.00686. The monoisotopic (exact) mass is 283 g/mol. The Balaban J connectivity index is 1.79. The molecule has 0 saturated carbocycles. The summed E-state index contributed by atoms with van der Waals surface area (Å²) in [6.45, 7) is 0. The highest BCUT2D eigenvalue weighted by atomic mass is 35.5. The summed E-state index contributed by atoms with van der Waals surface area (Å²) in [5.41, 5.74) is 2.91. The Morgan fingerprint density at radius 2 is 2.00 bits per heavy atom. The maximum absolute atomic E-state index is 12.0. The molecule has 1 atom stereocenters. The molecule has 0 saturated heterocycles. The van der Waals surface area contributed by atoms with Gasteiger partial charge < -0.3 is 5.32 Å². The molecule has 2 aromatic rings. The first-order valence-electron chi connectivity index (χ1n) is 6.55. The summed E-state index contributed by atoms with van der Waals surface area (Å²) in [6.07, 6.45) is 4.82. The van der Waals surface area contributed by atoms with Crippen molar-refractivity contribution in [3.8, 4) is 0 Å². The van der Waals surface area contributed by atoms with Crippen molar-refractivity contribution in [3.63, 3.8) is 0 Å². The average molecular weight is 284 g/mol. The molecule has 1 heterocycles. The number of hydrogen-bond acceptors (Lipinski definition) is 1. The first-order chi connectivity index (χ1) is 9.72. The van der Waals surface area contributed by atoms with E-state index in [1.165, 1.54) is 0 Å². The summed E-state index contributed by atoms with van der Waals surface area (Å²) in [5, 5.41) is 3.71. The van der Waals surface area contributed by atoms with E-state index < -0.39 is 0 Å². The maximum Gasteiger partial charge on any atom is 0.252 e. The Labute approximate surface area is 123 Å². The fourth-order valence-corrected chi connectivity index (χ4v) is 2.61. The van der Waals surface area contributed by atoms with Gasteiger partial charge in [0.1, 0.15) is 0 Å². The molecule has 1 aliphatic rings. The van der Waals surface area contributed by atoms with Crippen molar-refractivity contribution in [1.82, 2.24) is 5.32 Å². The third-order valence-electron chi connectivity index (χ3n) is 3.39. The molecule has 0 aliphatic carbocycles. The number of nitrogens with one attached hydrogen (secondary N) is 1. The molecule has 0 bridgehead atoms. The smallest absolute Gasteiger partial charge is 0.252 e. The van der Waals surface area contributed by atoms with E-state index in [1.807, 2.05) is 60.7 Å². The lowest BCUT2D eigenvalue weighted by Crippen LogP contribution is -2.39. The molecule has 0 unspecified atom stereocenters. The largest absolute Gasteiger partial charge is 0.345 e. The van der Waals surface area contributed by atoms with E-state index in [0.29, 0.717) is 5.02 Å². The van der Waals surface area contributed by atoms with E-state index in [4.69, 9.17) is 11.6 Å². The van der Waals surface area contributed by atoms with Crippen LogP contribution in [0, 0.1) is 0 Å². The lowest BCUT2D eigenvalue weighted by Gasteiger charge is -2.23. The highest BCUT2D eigenvalue weighted by molar-refractivity contribution is 6.30. The number of carbonyl (C=O) groups excluding carboxylic acids is 1. The van der Waals surface area contributed by atoms with Gasteiger partial charge in [0.25, 0.3) is 5.91 Å². The van der Waals surface area contributed by atoms with E-state index >= 15 is 0 Å². The minimum atomic E-state index is -0.00686. The van der Waals surface area contributed by atoms with E-state index in [1.54, 1.807) is 0 Å². The van der Waals surface area contributed by atoms with Crippen LogP contribution < -0.4 is 5.32 Å². The van der Waals surface area contributed by atoms with E-state index in [9.17, 15) is 4.79 Å². The van der Waals surface area contributed by atoms with Gasteiger partial charge in [-0.1, -0.05) is 54.1 Å². The van der Waals surface area contributed by atoms with Crippen molar-refractivity contribution in [2.45, 2.75) is 12.5 Å². The molecule has 0 fully saturated rings. The van der Waals surface area contributed by atoms with Gasteiger partial charge in [-0.05, 0) is 35.7 Å². The molecule has 0 radical (unpaired) electrons. The van der Waals surface area contributed by atoms with Crippen LogP contribution in [0.25, 0.3) is 6.08 Å². The molecule has 3 rings (SSSR count). The van der Waals surface area contributed by atoms with Gasteiger partial charge in [0.05, 0.1) is 6.04 Å². The molecular formula is C17H14ClNO. The van der Waals surface area contributed by atoms with Crippen LogP contribution in [-0.4, -0.2) is 11.9 Å². The third-order valence-corrected chi connectivity index (χ3v) is 3.62. The Bertz CT molecular complexity index is 678. The van der Waals surface area contributed by atoms with Crippen LogP contribution >= 0.6 is 11.6 Å². The van der Waals surface area contributed by atoms with Crippen LogP contribution in [0.5, 0.6) is 0 Å². The number of rotatable bonds is 2. The fraction of sp³-hybridized carbons (Fsp3) is 0.118. The Kier molecular flexibility index (Phi) is 3.57. The van der Waals surface area contributed by atoms with Crippen LogP contribution in [0.4, 0.5) is 0 Å². The van der Waals surface area contributed by atoms with E-state index in [0.717, 1.165) is 23.1 Å². The summed E-state index contributed by atoms with van der Waals surface area (Å²) in [7, 11) is 0.